The van der Waals surface area contributed by atoms with E-state index >= 15 is 0 Å². The molecule has 3 aromatic rings. The maximum Gasteiger partial charge on any atom is 0.142 e. The van der Waals surface area contributed by atoms with Crippen molar-refractivity contribution >= 4 is 17.6 Å². The van der Waals surface area contributed by atoms with Crippen LogP contribution in [0.5, 0.6) is 11.5 Å². The summed E-state index contributed by atoms with van der Waals surface area (Å²) >= 11 is 0. The molecule has 3 N–H and O–H groups in total. The first-order valence-electron chi connectivity index (χ1n) is 14.3. The lowest BCUT2D eigenvalue weighted by atomic mass is 9.79. The van der Waals surface area contributed by atoms with Gasteiger partial charge >= 0.3 is 0 Å². The van der Waals surface area contributed by atoms with Crippen molar-refractivity contribution in [1.29, 1.82) is 0 Å². The maximum absolute atomic E-state index is 11.3. The van der Waals surface area contributed by atoms with Gasteiger partial charge in [-0.2, -0.15) is 0 Å². The van der Waals surface area contributed by atoms with Gasteiger partial charge < -0.3 is 15.5 Å². The van der Waals surface area contributed by atoms with Crippen LogP contribution in [0.15, 0.2) is 53.5 Å². The molecule has 216 valence electrons. The normalized spacial score (nSPS) is 13.2. The molecule has 4 heteroatoms. The van der Waals surface area contributed by atoms with E-state index in [1.165, 1.54) is 5.56 Å². The quantitative estimate of drug-likeness (QED) is 0.222. The predicted octanol–water partition coefficient (Wildman–Crippen LogP) is 9.65. The lowest BCUT2D eigenvalue weighted by molar-refractivity contribution is 0.443. The van der Waals surface area contributed by atoms with Crippen molar-refractivity contribution in [1.82, 2.24) is 0 Å². The topological polar surface area (TPSA) is 64.9 Å². The molecule has 0 aliphatic rings. The second-order valence-corrected chi connectivity index (χ2v) is 15.1. The Bertz CT molecular complexity index is 1390. The molecule has 0 fully saturated rings. The van der Waals surface area contributed by atoms with E-state index in [0.717, 1.165) is 33.5 Å². The fourth-order valence-electron chi connectivity index (χ4n) is 4.66. The minimum absolute atomic E-state index is 0.0533. The number of para-hydroxylation sites is 1. The van der Waals surface area contributed by atoms with E-state index in [-0.39, 0.29) is 33.2 Å². The van der Waals surface area contributed by atoms with E-state index in [2.05, 4.69) is 107 Å². The summed E-state index contributed by atoms with van der Waals surface area (Å²) in [6.45, 7) is 26.3. The Labute approximate surface area is 242 Å². The van der Waals surface area contributed by atoms with Gasteiger partial charge in [-0.3, -0.25) is 4.99 Å². The smallest absolute Gasteiger partial charge is 0.142 e. The summed E-state index contributed by atoms with van der Waals surface area (Å²) in [5.74, 6) is 0.562. The summed E-state index contributed by atoms with van der Waals surface area (Å²) in [7, 11) is 0. The second kappa shape index (κ2) is 11.0. The van der Waals surface area contributed by atoms with Gasteiger partial charge in [0.15, 0.2) is 0 Å². The van der Waals surface area contributed by atoms with Crippen LogP contribution in [-0.4, -0.2) is 16.4 Å². The summed E-state index contributed by atoms with van der Waals surface area (Å²) in [6.07, 6.45) is 1.78. The molecule has 0 spiro atoms. The minimum atomic E-state index is -0.207. The van der Waals surface area contributed by atoms with Gasteiger partial charge in [0.25, 0.3) is 0 Å². The third kappa shape index (κ3) is 7.27. The van der Waals surface area contributed by atoms with E-state index < -0.39 is 0 Å². The number of aliphatic imine (C=N–C) groups is 1. The number of nitrogens with zero attached hydrogens (tertiary/aromatic N) is 1. The highest BCUT2D eigenvalue weighted by Crippen LogP contribution is 2.42. The molecule has 0 saturated heterocycles. The van der Waals surface area contributed by atoms with E-state index in [4.69, 9.17) is 4.99 Å². The predicted molar refractivity (Wildman–Crippen MR) is 172 cm³/mol. The first kappa shape index (κ1) is 31.3. The fourth-order valence-corrected chi connectivity index (χ4v) is 4.66. The standard InChI is InChI=1S/C36H50N2O2/c1-33(2,3)25-17-24(31(39)27(18-25)35(7,8)9)22-37-21-23-15-13-14-16-29(23)38-30-20-26(34(4,5)6)19-28(32(30)40)36(10,11)12/h13-20,22,38-40H,21H2,1-12H3. The molecule has 0 unspecified atom stereocenters. The number of benzene rings is 3. The van der Waals surface area contributed by atoms with Gasteiger partial charge in [0.2, 0.25) is 0 Å². The van der Waals surface area contributed by atoms with E-state index in [0.29, 0.717) is 12.2 Å². The Morgan fingerprint density at radius 3 is 1.65 bits per heavy atom. The van der Waals surface area contributed by atoms with Crippen LogP contribution in [-0.2, 0) is 28.2 Å². The van der Waals surface area contributed by atoms with Crippen molar-refractivity contribution < 1.29 is 10.2 Å². The van der Waals surface area contributed by atoms with Gasteiger partial charge in [0.1, 0.15) is 11.5 Å². The van der Waals surface area contributed by atoms with E-state index in [9.17, 15) is 10.2 Å². The average Bonchev–Trinajstić information content (AvgIpc) is 2.79. The third-order valence-electron chi connectivity index (χ3n) is 7.38. The van der Waals surface area contributed by atoms with Crippen LogP contribution in [0.4, 0.5) is 11.4 Å². The summed E-state index contributed by atoms with van der Waals surface area (Å²) in [5.41, 5.74) is 6.97. The Morgan fingerprint density at radius 1 is 0.625 bits per heavy atom. The van der Waals surface area contributed by atoms with Crippen LogP contribution < -0.4 is 5.32 Å². The molecule has 3 rings (SSSR count). The van der Waals surface area contributed by atoms with Crippen molar-refractivity contribution in [3.63, 3.8) is 0 Å². The highest BCUT2D eigenvalue weighted by atomic mass is 16.3. The molecular formula is C36H50N2O2. The van der Waals surface area contributed by atoms with Gasteiger partial charge in [0.05, 0.1) is 12.2 Å². The minimum Gasteiger partial charge on any atom is -0.507 e. The molecule has 0 aromatic heterocycles. The number of hydrogen-bond donors (Lipinski definition) is 3. The summed E-state index contributed by atoms with van der Waals surface area (Å²) in [6, 6.07) is 16.4. The average molecular weight is 543 g/mol. The Morgan fingerprint density at radius 2 is 1.12 bits per heavy atom. The van der Waals surface area contributed by atoms with Crippen molar-refractivity contribution in [3.05, 3.63) is 81.9 Å². The zero-order valence-electron chi connectivity index (χ0n) is 26.7. The number of hydrogen-bond acceptors (Lipinski definition) is 4. The third-order valence-corrected chi connectivity index (χ3v) is 7.38. The molecule has 0 radical (unpaired) electrons. The fraction of sp³-hybridized carbons (Fsp3) is 0.472. The summed E-state index contributed by atoms with van der Waals surface area (Å²) in [5, 5.41) is 25.9. The molecule has 0 heterocycles. The first-order valence-corrected chi connectivity index (χ1v) is 14.3. The number of rotatable bonds is 5. The van der Waals surface area contributed by atoms with Crippen LogP contribution in [0.3, 0.4) is 0 Å². The van der Waals surface area contributed by atoms with E-state index in [1.54, 1.807) is 6.21 Å². The van der Waals surface area contributed by atoms with Crippen molar-refractivity contribution in [2.45, 2.75) is 111 Å². The molecule has 40 heavy (non-hydrogen) atoms. The highest BCUT2D eigenvalue weighted by Gasteiger charge is 2.26. The van der Waals surface area contributed by atoms with Gasteiger partial charge in [0, 0.05) is 28.6 Å². The Hall–Kier alpha value is -3.27. The Kier molecular flexibility index (Phi) is 8.56. The molecule has 0 saturated carbocycles. The van der Waals surface area contributed by atoms with Crippen LogP contribution in [0.1, 0.15) is 116 Å². The van der Waals surface area contributed by atoms with Crippen LogP contribution in [0.2, 0.25) is 0 Å². The molecule has 0 amide bonds. The number of anilines is 2. The largest absolute Gasteiger partial charge is 0.507 e. The monoisotopic (exact) mass is 542 g/mol. The Balaban J connectivity index is 2.00. The van der Waals surface area contributed by atoms with Crippen LogP contribution in [0, 0.1) is 0 Å². The van der Waals surface area contributed by atoms with Crippen LogP contribution >= 0.6 is 0 Å². The summed E-state index contributed by atoms with van der Waals surface area (Å²) in [4.78, 5) is 4.77. The number of aromatic hydroxyl groups is 2. The molecular weight excluding hydrogens is 492 g/mol. The van der Waals surface area contributed by atoms with Crippen molar-refractivity contribution in [3.8, 4) is 11.5 Å². The zero-order valence-corrected chi connectivity index (χ0v) is 26.7. The molecule has 0 atom stereocenters. The lowest BCUT2D eigenvalue weighted by Gasteiger charge is -2.28. The van der Waals surface area contributed by atoms with Gasteiger partial charge in [-0.15, -0.1) is 0 Å². The molecule has 3 aromatic carbocycles. The zero-order chi connectivity index (χ0) is 30.3. The van der Waals surface area contributed by atoms with Crippen molar-refractivity contribution in [2.24, 2.45) is 4.99 Å². The SMILES string of the molecule is CC(C)(C)c1cc(C=NCc2ccccc2Nc2cc(C(C)(C)C)cc(C(C)(C)C)c2O)c(O)c(C(C)(C)C)c1. The van der Waals surface area contributed by atoms with Crippen molar-refractivity contribution in [2.75, 3.05) is 5.32 Å². The van der Waals surface area contributed by atoms with Gasteiger partial charge in [-0.1, -0.05) is 113 Å². The number of phenolic OH excluding ortho intramolecular Hbond substituents is 2. The maximum atomic E-state index is 11.3. The molecule has 4 nitrogen and oxygen atoms in total. The number of phenols is 2. The van der Waals surface area contributed by atoms with Crippen LogP contribution in [0.25, 0.3) is 0 Å². The number of nitrogens with one attached hydrogen (secondary N) is 1. The van der Waals surface area contributed by atoms with Gasteiger partial charge in [-0.05, 0) is 56.5 Å². The molecule has 0 bridgehead atoms. The van der Waals surface area contributed by atoms with E-state index in [1.807, 2.05) is 30.3 Å². The second-order valence-electron chi connectivity index (χ2n) is 15.1. The molecule has 0 aliphatic carbocycles. The highest BCUT2D eigenvalue weighted by molar-refractivity contribution is 5.85. The van der Waals surface area contributed by atoms with Gasteiger partial charge in [-0.25, -0.2) is 0 Å². The molecule has 0 aliphatic heterocycles. The lowest BCUT2D eigenvalue weighted by Crippen LogP contribution is -2.17. The summed E-state index contributed by atoms with van der Waals surface area (Å²) < 4.78 is 0. The first-order chi connectivity index (χ1) is 18.2.